The number of methoxy groups -OCH3 is 1. The molecule has 1 nitrogen and oxygen atoms in total. The van der Waals surface area contributed by atoms with Gasteiger partial charge in [-0.2, -0.15) is 0 Å². The molecule has 0 saturated heterocycles. The van der Waals surface area contributed by atoms with Gasteiger partial charge in [-0.15, -0.1) is 0 Å². The van der Waals surface area contributed by atoms with Crippen molar-refractivity contribution in [3.8, 4) is 5.75 Å². The van der Waals surface area contributed by atoms with Gasteiger partial charge in [-0.25, -0.2) is 0 Å². The number of halogens is 1. The van der Waals surface area contributed by atoms with Crippen LogP contribution in [0.4, 0.5) is 0 Å². The van der Waals surface area contributed by atoms with Crippen LogP contribution in [0.15, 0.2) is 28.7 Å². The number of benzene rings is 1. The van der Waals surface area contributed by atoms with Gasteiger partial charge in [0.15, 0.2) is 0 Å². The molecule has 0 aliphatic rings. The van der Waals surface area contributed by atoms with E-state index < -0.39 is 7.04 Å². The van der Waals surface area contributed by atoms with Crippen LogP contribution >= 0.6 is 15.9 Å². The van der Waals surface area contributed by atoms with Gasteiger partial charge >= 0.3 is 0 Å². The van der Waals surface area contributed by atoms with Crippen molar-refractivity contribution in [2.24, 2.45) is 0 Å². The smallest absolute Gasteiger partial charge is 0.118 e. The Morgan fingerprint density at radius 2 is 2.11 bits per heavy atom. The fourth-order valence-electron chi connectivity index (χ4n) is 0.503. The molecule has 0 unspecified atom stereocenters. The molecule has 0 fully saturated rings. The second kappa shape index (κ2) is 2.87. The molecule has 0 heterocycles. The van der Waals surface area contributed by atoms with Crippen molar-refractivity contribution in [2.75, 3.05) is 7.04 Å². The lowest BCUT2D eigenvalue weighted by Crippen LogP contribution is -1.79. The summed E-state index contributed by atoms with van der Waals surface area (Å²) in [6.45, 7) is 0. The Morgan fingerprint density at radius 1 is 1.44 bits per heavy atom. The molecule has 0 amide bonds. The molecule has 0 aromatic heterocycles. The van der Waals surface area contributed by atoms with Crippen LogP contribution in [0.1, 0.15) is 4.11 Å². The van der Waals surface area contributed by atoms with Crippen molar-refractivity contribution in [2.45, 2.75) is 0 Å². The van der Waals surface area contributed by atoms with E-state index in [1.807, 2.05) is 0 Å². The number of hydrogen-bond donors (Lipinski definition) is 0. The summed E-state index contributed by atoms with van der Waals surface area (Å²) in [6, 6.07) is 6.63. The zero-order valence-electron chi connectivity index (χ0n) is 7.60. The van der Waals surface area contributed by atoms with E-state index in [9.17, 15) is 0 Å². The van der Waals surface area contributed by atoms with Gasteiger partial charge in [0.2, 0.25) is 0 Å². The topological polar surface area (TPSA) is 9.23 Å². The standard InChI is InChI=1S/C7H7BrO/c1-9-7-4-2-6(8)3-5-7/h2-5H,1H3/i1+1D3. The lowest BCUT2D eigenvalue weighted by molar-refractivity contribution is 0.414. The van der Waals surface area contributed by atoms with Crippen LogP contribution in [-0.4, -0.2) is 7.04 Å². The molecule has 1 rings (SSSR count). The van der Waals surface area contributed by atoms with Crippen molar-refractivity contribution in [3.63, 3.8) is 0 Å². The first-order chi connectivity index (χ1) is 5.47. The van der Waals surface area contributed by atoms with Crippen LogP contribution in [0.25, 0.3) is 0 Å². The molecule has 0 N–H and O–H groups in total. The van der Waals surface area contributed by atoms with Gasteiger partial charge in [-0.3, -0.25) is 0 Å². The lowest BCUT2D eigenvalue weighted by atomic mass is 10.3. The van der Waals surface area contributed by atoms with Crippen molar-refractivity contribution in [3.05, 3.63) is 28.7 Å². The monoisotopic (exact) mass is 190 g/mol. The normalized spacial score (nSPS) is 15.4. The minimum atomic E-state index is -2.37. The first-order valence-corrected chi connectivity index (χ1v) is 3.21. The van der Waals surface area contributed by atoms with Gasteiger partial charge < -0.3 is 4.74 Å². The van der Waals surface area contributed by atoms with Gasteiger partial charge in [0.1, 0.15) is 5.75 Å². The molecule has 0 aliphatic carbocycles. The van der Waals surface area contributed by atoms with E-state index in [4.69, 9.17) is 4.11 Å². The van der Waals surface area contributed by atoms with Crippen molar-refractivity contribution < 1.29 is 8.85 Å². The van der Waals surface area contributed by atoms with E-state index in [0.717, 1.165) is 4.47 Å². The predicted molar refractivity (Wildman–Crippen MR) is 40.7 cm³/mol. The van der Waals surface area contributed by atoms with E-state index in [1.54, 1.807) is 24.3 Å². The molecule has 48 valence electrons. The average molecular weight is 191 g/mol. The van der Waals surface area contributed by atoms with Crippen molar-refractivity contribution in [1.29, 1.82) is 0 Å². The molecule has 2 heteroatoms. The van der Waals surface area contributed by atoms with Crippen LogP contribution in [0.5, 0.6) is 5.75 Å². The Morgan fingerprint density at radius 3 is 2.67 bits per heavy atom. The first kappa shape index (κ1) is 3.62. The average Bonchev–Trinajstić information content (AvgIpc) is 1.91. The molecule has 1 aromatic carbocycles. The second-order valence-electron chi connectivity index (χ2n) is 1.56. The first-order valence-electron chi connectivity index (χ1n) is 3.92. The van der Waals surface area contributed by atoms with Crippen molar-refractivity contribution >= 4 is 15.9 Å². The summed E-state index contributed by atoms with van der Waals surface area (Å²) >= 11 is 3.23. The van der Waals surface area contributed by atoms with E-state index in [2.05, 4.69) is 20.7 Å². The lowest BCUT2D eigenvalue weighted by Gasteiger charge is -1.96. The number of rotatable bonds is 1. The quantitative estimate of drug-likeness (QED) is 0.619. The Labute approximate surface area is 67.0 Å². The molecule has 0 bridgehead atoms. The van der Waals surface area contributed by atoms with Crippen molar-refractivity contribution in [1.82, 2.24) is 0 Å². The summed E-state index contributed by atoms with van der Waals surface area (Å²) in [7, 11) is -2.37. The third-order valence-corrected chi connectivity index (χ3v) is 1.46. The summed E-state index contributed by atoms with van der Waals surface area (Å²) < 4.78 is 26.0. The van der Waals surface area contributed by atoms with E-state index in [0.29, 0.717) is 5.75 Å². The highest BCUT2D eigenvalue weighted by Crippen LogP contribution is 2.14. The predicted octanol–water partition coefficient (Wildman–Crippen LogP) is 2.46. The molecule has 1 aromatic rings. The fourth-order valence-corrected chi connectivity index (χ4v) is 0.767. The molecular formula is C7H7BrO. The van der Waals surface area contributed by atoms with Crippen LogP contribution in [-0.2, 0) is 0 Å². The summed E-state index contributed by atoms with van der Waals surface area (Å²) in [4.78, 5) is 0. The molecule has 0 radical (unpaired) electrons. The Bertz CT molecular complexity index is 254. The van der Waals surface area contributed by atoms with Crippen LogP contribution in [0.3, 0.4) is 0 Å². The van der Waals surface area contributed by atoms with E-state index in [1.165, 1.54) is 0 Å². The minimum absolute atomic E-state index is 0.346. The van der Waals surface area contributed by atoms with Gasteiger partial charge in [0.05, 0.1) is 11.2 Å². The molecule has 9 heavy (non-hydrogen) atoms. The Balaban J connectivity index is 2.71. The zero-order chi connectivity index (χ0) is 9.19. The highest BCUT2D eigenvalue weighted by molar-refractivity contribution is 9.10. The third kappa shape index (κ3) is 1.72. The summed E-state index contributed by atoms with van der Waals surface area (Å²) in [5.74, 6) is 0.346. The Kier molecular flexibility index (Phi) is 1.15. The van der Waals surface area contributed by atoms with Gasteiger partial charge in [-0.1, -0.05) is 15.9 Å². The van der Waals surface area contributed by atoms with E-state index in [-0.39, 0.29) is 0 Å². The molecule has 0 saturated carbocycles. The maximum absolute atomic E-state index is 6.82. The fraction of sp³-hybridized carbons (Fsp3) is 0.143. The highest BCUT2D eigenvalue weighted by atomic mass is 79.9. The van der Waals surface area contributed by atoms with E-state index >= 15 is 0 Å². The SMILES string of the molecule is [2H][13C]([2H])([2H])Oc1ccc(Br)cc1. The molecule has 0 atom stereocenters. The second-order valence-corrected chi connectivity index (χ2v) is 2.47. The summed E-state index contributed by atoms with van der Waals surface area (Å²) in [6.07, 6.45) is 0. The van der Waals surface area contributed by atoms with Gasteiger partial charge in [0, 0.05) is 4.47 Å². The number of ether oxygens (including phenoxy) is 1. The van der Waals surface area contributed by atoms with Crippen LogP contribution < -0.4 is 4.74 Å². The Hall–Kier alpha value is -0.500. The minimum Gasteiger partial charge on any atom is -0.497 e. The van der Waals surface area contributed by atoms with Crippen LogP contribution in [0.2, 0.25) is 0 Å². The highest BCUT2D eigenvalue weighted by Gasteiger charge is 1.86. The zero-order valence-corrected chi connectivity index (χ0v) is 6.18. The van der Waals surface area contributed by atoms with Crippen LogP contribution in [0, 0.1) is 0 Å². The summed E-state index contributed by atoms with van der Waals surface area (Å²) in [5, 5.41) is 0. The maximum atomic E-state index is 6.82. The molecule has 0 aliphatic heterocycles. The maximum Gasteiger partial charge on any atom is 0.118 e. The van der Waals surface area contributed by atoms with Gasteiger partial charge in [0.25, 0.3) is 0 Å². The summed E-state index contributed by atoms with van der Waals surface area (Å²) in [5.41, 5.74) is 0. The molecular weight excluding hydrogens is 181 g/mol. The number of hydrogen-bond acceptors (Lipinski definition) is 1. The largest absolute Gasteiger partial charge is 0.497 e. The molecule has 0 spiro atoms. The third-order valence-electron chi connectivity index (χ3n) is 0.931. The van der Waals surface area contributed by atoms with Gasteiger partial charge in [-0.05, 0) is 24.3 Å².